The summed E-state index contributed by atoms with van der Waals surface area (Å²) >= 11 is 0. The Morgan fingerprint density at radius 2 is 1.84 bits per heavy atom. The Balaban J connectivity index is 2.73. The number of rotatable bonds is 3. The first-order valence-electron chi connectivity index (χ1n) is 6.30. The summed E-state index contributed by atoms with van der Waals surface area (Å²) in [6, 6.07) is 2.67. The smallest absolute Gasteiger partial charge is 0.295 e. The maximum Gasteiger partial charge on any atom is 0.295 e. The van der Waals surface area contributed by atoms with E-state index in [4.69, 9.17) is 9.15 Å². The maximum atomic E-state index is 5.77. The number of hydrogen-bond donors (Lipinski definition) is 1. The van der Waals surface area contributed by atoms with Crippen molar-refractivity contribution in [3.05, 3.63) is 28.5 Å². The highest BCUT2D eigenvalue weighted by atomic mass is 16.5. The Hall–Kier alpha value is -1.97. The summed E-state index contributed by atoms with van der Waals surface area (Å²) in [5.41, 5.74) is 5.31. The molecule has 0 saturated heterocycles. The van der Waals surface area contributed by atoms with Crippen molar-refractivity contribution in [2.45, 2.75) is 27.7 Å². The average Bonchev–Trinajstić information content (AvgIpc) is 2.74. The van der Waals surface area contributed by atoms with Gasteiger partial charge in [-0.05, 0) is 44.4 Å². The van der Waals surface area contributed by atoms with Crippen molar-refractivity contribution in [2.75, 3.05) is 19.5 Å². The molecule has 1 aromatic carbocycles. The van der Waals surface area contributed by atoms with Gasteiger partial charge < -0.3 is 14.5 Å². The second-order valence-electron chi connectivity index (χ2n) is 4.73. The molecule has 19 heavy (non-hydrogen) atoms. The highest BCUT2D eigenvalue weighted by Gasteiger charge is 2.20. The summed E-state index contributed by atoms with van der Waals surface area (Å²) in [5.74, 6) is 1.63. The second kappa shape index (κ2) is 4.96. The fourth-order valence-corrected chi connectivity index (χ4v) is 2.32. The van der Waals surface area contributed by atoms with Crippen LogP contribution >= 0.6 is 0 Å². The Kier molecular flexibility index (Phi) is 3.51. The number of benzene rings is 1. The first-order valence-corrected chi connectivity index (χ1v) is 6.30. The summed E-state index contributed by atoms with van der Waals surface area (Å²) < 4.78 is 11.3. The van der Waals surface area contributed by atoms with E-state index < -0.39 is 0 Å². The molecule has 1 N–H and O–H groups in total. The van der Waals surface area contributed by atoms with Gasteiger partial charge in [-0.1, -0.05) is 6.07 Å². The topological polar surface area (TPSA) is 47.3 Å². The Morgan fingerprint density at radius 3 is 2.37 bits per heavy atom. The van der Waals surface area contributed by atoms with Crippen LogP contribution in [0.25, 0.3) is 11.3 Å². The van der Waals surface area contributed by atoms with E-state index in [1.165, 1.54) is 5.56 Å². The molecule has 102 valence electrons. The summed E-state index contributed by atoms with van der Waals surface area (Å²) in [7, 11) is 3.48. The summed E-state index contributed by atoms with van der Waals surface area (Å²) in [6.45, 7) is 8.14. The molecule has 2 rings (SSSR count). The van der Waals surface area contributed by atoms with Gasteiger partial charge in [0.15, 0.2) is 5.76 Å². The fraction of sp³-hybridized carbons (Fsp3) is 0.400. The van der Waals surface area contributed by atoms with Gasteiger partial charge in [0.1, 0.15) is 5.75 Å². The molecular weight excluding hydrogens is 240 g/mol. The quantitative estimate of drug-likeness (QED) is 0.915. The number of ether oxygens (including phenoxy) is 1. The molecule has 0 bridgehead atoms. The van der Waals surface area contributed by atoms with E-state index in [0.717, 1.165) is 33.9 Å². The van der Waals surface area contributed by atoms with Crippen molar-refractivity contribution >= 4 is 6.01 Å². The van der Waals surface area contributed by atoms with Crippen molar-refractivity contribution in [1.29, 1.82) is 0 Å². The minimum Gasteiger partial charge on any atom is -0.496 e. The van der Waals surface area contributed by atoms with Crippen molar-refractivity contribution in [2.24, 2.45) is 0 Å². The number of aromatic nitrogens is 1. The molecule has 0 saturated carbocycles. The summed E-state index contributed by atoms with van der Waals surface area (Å²) in [5, 5.41) is 2.92. The van der Waals surface area contributed by atoms with Crippen LogP contribution in [0.2, 0.25) is 0 Å². The number of nitrogens with one attached hydrogen (secondary N) is 1. The average molecular weight is 260 g/mol. The molecule has 4 nitrogen and oxygen atoms in total. The monoisotopic (exact) mass is 260 g/mol. The lowest BCUT2D eigenvalue weighted by Gasteiger charge is -2.15. The van der Waals surface area contributed by atoms with E-state index in [-0.39, 0.29) is 0 Å². The van der Waals surface area contributed by atoms with E-state index in [1.54, 1.807) is 14.2 Å². The van der Waals surface area contributed by atoms with E-state index in [9.17, 15) is 0 Å². The van der Waals surface area contributed by atoms with Crippen molar-refractivity contribution in [3.8, 4) is 17.1 Å². The Bertz CT molecular complexity index is 615. The van der Waals surface area contributed by atoms with Gasteiger partial charge in [0.05, 0.1) is 18.4 Å². The Morgan fingerprint density at radius 1 is 1.16 bits per heavy atom. The molecule has 0 fully saturated rings. The number of aryl methyl sites for hydroxylation is 3. The zero-order valence-electron chi connectivity index (χ0n) is 12.3. The van der Waals surface area contributed by atoms with E-state index in [1.807, 2.05) is 6.92 Å². The first-order chi connectivity index (χ1) is 8.99. The van der Waals surface area contributed by atoms with Crippen molar-refractivity contribution in [1.82, 2.24) is 4.98 Å². The SMILES string of the molecule is CNc1nc(C)c(-c2c(C)cc(C)c(C)c2OC)o1. The van der Waals surface area contributed by atoms with E-state index >= 15 is 0 Å². The van der Waals surface area contributed by atoms with Crippen LogP contribution in [0.3, 0.4) is 0 Å². The zero-order valence-corrected chi connectivity index (χ0v) is 12.3. The first kappa shape index (κ1) is 13.5. The minimum absolute atomic E-state index is 0.521. The lowest BCUT2D eigenvalue weighted by Crippen LogP contribution is -1.97. The predicted octanol–water partition coefficient (Wildman–Crippen LogP) is 3.63. The van der Waals surface area contributed by atoms with E-state index in [2.05, 4.69) is 37.1 Å². The lowest BCUT2D eigenvalue weighted by atomic mass is 9.97. The van der Waals surface area contributed by atoms with Gasteiger partial charge in [0.2, 0.25) is 0 Å². The standard InChI is InChI=1S/C15H20N2O2/c1-8-7-9(2)12(13(18-6)10(8)3)14-11(4)17-15(16-5)19-14/h7H,1-6H3,(H,16,17). The molecule has 0 aliphatic heterocycles. The molecule has 0 atom stereocenters. The van der Waals surface area contributed by atoms with Crippen LogP contribution in [0.5, 0.6) is 5.75 Å². The number of hydrogen-bond acceptors (Lipinski definition) is 4. The molecule has 2 aromatic rings. The molecular formula is C15H20N2O2. The van der Waals surface area contributed by atoms with Gasteiger partial charge in [-0.15, -0.1) is 0 Å². The van der Waals surface area contributed by atoms with Crippen LogP contribution in [0.15, 0.2) is 10.5 Å². The van der Waals surface area contributed by atoms with Gasteiger partial charge in [0.25, 0.3) is 6.01 Å². The molecule has 0 spiro atoms. The van der Waals surface area contributed by atoms with E-state index in [0.29, 0.717) is 6.01 Å². The molecule has 0 radical (unpaired) electrons. The third-order valence-electron chi connectivity index (χ3n) is 3.43. The number of anilines is 1. The number of methoxy groups -OCH3 is 1. The maximum absolute atomic E-state index is 5.77. The lowest BCUT2D eigenvalue weighted by molar-refractivity contribution is 0.411. The normalized spacial score (nSPS) is 10.6. The highest BCUT2D eigenvalue weighted by Crippen LogP contribution is 2.39. The fourth-order valence-electron chi connectivity index (χ4n) is 2.32. The predicted molar refractivity (Wildman–Crippen MR) is 77.0 cm³/mol. The molecule has 0 aliphatic carbocycles. The molecule has 1 heterocycles. The van der Waals surface area contributed by atoms with Crippen LogP contribution in [0.4, 0.5) is 6.01 Å². The largest absolute Gasteiger partial charge is 0.496 e. The van der Waals surface area contributed by atoms with Gasteiger partial charge in [0, 0.05) is 7.05 Å². The van der Waals surface area contributed by atoms with Crippen LogP contribution < -0.4 is 10.1 Å². The second-order valence-corrected chi connectivity index (χ2v) is 4.73. The summed E-state index contributed by atoms with van der Waals surface area (Å²) in [4.78, 5) is 4.34. The van der Waals surface area contributed by atoms with Crippen molar-refractivity contribution in [3.63, 3.8) is 0 Å². The third kappa shape index (κ3) is 2.18. The van der Waals surface area contributed by atoms with Gasteiger partial charge in [-0.3, -0.25) is 0 Å². The van der Waals surface area contributed by atoms with Crippen LogP contribution in [-0.2, 0) is 0 Å². The zero-order chi connectivity index (χ0) is 14.2. The highest BCUT2D eigenvalue weighted by molar-refractivity contribution is 5.74. The van der Waals surface area contributed by atoms with Crippen LogP contribution in [0.1, 0.15) is 22.4 Å². The Labute approximate surface area is 113 Å². The van der Waals surface area contributed by atoms with Gasteiger partial charge in [-0.2, -0.15) is 4.98 Å². The van der Waals surface area contributed by atoms with Crippen molar-refractivity contribution < 1.29 is 9.15 Å². The molecule has 4 heteroatoms. The molecule has 0 aliphatic rings. The molecule has 0 amide bonds. The minimum atomic E-state index is 0.521. The van der Waals surface area contributed by atoms with Gasteiger partial charge >= 0.3 is 0 Å². The van der Waals surface area contributed by atoms with Crippen LogP contribution in [0, 0.1) is 27.7 Å². The van der Waals surface area contributed by atoms with Gasteiger partial charge in [-0.25, -0.2) is 0 Å². The molecule has 0 unspecified atom stereocenters. The number of oxazole rings is 1. The van der Waals surface area contributed by atoms with Crippen LogP contribution in [-0.4, -0.2) is 19.1 Å². The molecule has 1 aromatic heterocycles. The summed E-state index contributed by atoms with van der Waals surface area (Å²) in [6.07, 6.45) is 0. The third-order valence-corrected chi connectivity index (χ3v) is 3.43. The number of nitrogens with zero attached hydrogens (tertiary/aromatic N) is 1.